The molecule has 0 spiro atoms. The quantitative estimate of drug-likeness (QED) is 0.112. The molecule has 6 aromatic carbocycles. The number of furan rings is 1. The third kappa shape index (κ3) is 9.74. The van der Waals surface area contributed by atoms with Crippen molar-refractivity contribution in [3.8, 4) is 55.9 Å². The predicted octanol–water partition coefficient (Wildman–Crippen LogP) is 14.7. The van der Waals surface area contributed by atoms with E-state index < -0.39 is 19.6 Å². The summed E-state index contributed by atoms with van der Waals surface area (Å²) in [5.74, 6) is 7.24. The molecule has 1 aliphatic carbocycles. The molecule has 0 N–H and O–H groups in total. The van der Waals surface area contributed by atoms with Crippen molar-refractivity contribution in [3.05, 3.63) is 188 Å². The van der Waals surface area contributed by atoms with Crippen LogP contribution in [0.25, 0.3) is 77.8 Å². The molecule has 10 rings (SSSR count). The molecule has 1 radical (unpaired) electrons. The zero-order chi connectivity index (χ0) is 42.7. The van der Waals surface area contributed by atoms with E-state index in [9.17, 15) is 0 Å². The fourth-order valence-corrected chi connectivity index (χ4v) is 10.4. The first kappa shape index (κ1) is 39.7. The molecular weight excluding hydrogens is 981 g/mol. The van der Waals surface area contributed by atoms with E-state index in [2.05, 4.69) is 150 Å². The Morgan fingerprint density at radius 3 is 2.00 bits per heavy atom. The van der Waals surface area contributed by atoms with Gasteiger partial charge in [-0.1, -0.05) is 91.1 Å². The molecule has 0 bridgehead atoms. The minimum atomic E-state index is -1.85. The van der Waals surface area contributed by atoms with Crippen molar-refractivity contribution in [2.24, 2.45) is 5.92 Å². The molecule has 0 atom stereocenters. The second-order valence-electron chi connectivity index (χ2n) is 16.8. The van der Waals surface area contributed by atoms with Crippen molar-refractivity contribution in [2.45, 2.75) is 55.7 Å². The van der Waals surface area contributed by atoms with Crippen LogP contribution in [0.2, 0.25) is 17.3 Å². The Hall–Kier alpha value is -5.39. The summed E-state index contributed by atoms with van der Waals surface area (Å²) in [6.07, 6.45) is 7.73. The second-order valence-corrected chi connectivity index (χ2v) is 27.4. The van der Waals surface area contributed by atoms with E-state index in [-0.39, 0.29) is 26.0 Å². The molecule has 305 valence electrons. The van der Waals surface area contributed by atoms with Crippen LogP contribution in [0, 0.1) is 18.1 Å². The molecule has 1 fully saturated rings. The maximum Gasteiger partial charge on any atom is 0 e. The van der Waals surface area contributed by atoms with Gasteiger partial charge >= 0.3 is 171 Å². The Morgan fingerprint density at radius 2 is 1.33 bits per heavy atom. The maximum atomic E-state index is 8.88. The molecule has 1 aliphatic rings. The van der Waals surface area contributed by atoms with Gasteiger partial charge in [-0.2, -0.15) is 0 Å². The number of hydrogen-bond donors (Lipinski definition) is 0. The van der Waals surface area contributed by atoms with Crippen molar-refractivity contribution in [3.63, 3.8) is 0 Å². The monoisotopic (exact) mass is 1040 g/mol. The van der Waals surface area contributed by atoms with Gasteiger partial charge < -0.3 is 9.40 Å². The molecule has 3 aromatic heterocycles. The van der Waals surface area contributed by atoms with Crippen molar-refractivity contribution in [1.29, 1.82) is 0 Å². The van der Waals surface area contributed by atoms with Gasteiger partial charge in [0.05, 0.1) is 5.58 Å². The van der Waals surface area contributed by atoms with Gasteiger partial charge in [-0.25, -0.2) is 0 Å². The number of rotatable bonds is 8. The molecule has 9 aromatic rings. The zero-order valence-corrected chi connectivity index (χ0v) is 39.4. The summed E-state index contributed by atoms with van der Waals surface area (Å²) < 4.78 is 25.5. The van der Waals surface area contributed by atoms with E-state index in [1.165, 1.54) is 38.6 Å². The van der Waals surface area contributed by atoms with E-state index in [1.54, 1.807) is 6.20 Å². The van der Waals surface area contributed by atoms with Gasteiger partial charge in [0.15, 0.2) is 0 Å². The minimum Gasteiger partial charge on any atom is 0 e. The minimum absolute atomic E-state index is 0. The van der Waals surface area contributed by atoms with Crippen molar-refractivity contribution >= 4 is 39.6 Å². The molecule has 0 saturated heterocycles. The standard InChI is InChI=1S/C30H26NO.C26H24GeN.Ir/c1-3-8-21(9-4-1)18-22-16-17-31-28(19-22)26-13-7-12-25-27-20-24(23-10-5-2-6-11-23)14-15-29(27)32-30(25)26;1-27(2,3)23-15-17-26(28-19-23)22-14-16-24(20-10-6-4-7-11-20)25(18-22)21-12-8-5-9-13-21;/h2,5-7,10-12,14-17,19-21H,1,3-4,8-9,18H2;4-13,15-19H,1-3H3;/q2*-1;/i18D2;;. The van der Waals surface area contributed by atoms with E-state index in [0.29, 0.717) is 11.3 Å². The Kier molecular flexibility index (Phi) is 12.5. The third-order valence-corrected chi connectivity index (χ3v) is 15.8. The number of pyridine rings is 2. The molecule has 61 heavy (non-hydrogen) atoms. The summed E-state index contributed by atoms with van der Waals surface area (Å²) in [5, 5.41) is 2.07. The first-order chi connectivity index (χ1) is 30.1. The van der Waals surface area contributed by atoms with Crippen LogP contribution in [-0.4, -0.2) is 23.2 Å². The fraction of sp³-hybridized carbons (Fsp3) is 0.179. The number of aromatic nitrogens is 2. The maximum absolute atomic E-state index is 8.88. The van der Waals surface area contributed by atoms with Gasteiger partial charge in [-0.05, 0) is 47.3 Å². The van der Waals surface area contributed by atoms with Crippen LogP contribution in [0.3, 0.4) is 0 Å². The topological polar surface area (TPSA) is 38.9 Å². The van der Waals surface area contributed by atoms with Crippen LogP contribution < -0.4 is 4.40 Å². The Balaban J connectivity index is 0.000000173. The summed E-state index contributed by atoms with van der Waals surface area (Å²) in [7, 11) is 0. The van der Waals surface area contributed by atoms with Crippen LogP contribution >= 0.6 is 0 Å². The smallest absolute Gasteiger partial charge is 0 e. The predicted molar refractivity (Wildman–Crippen MR) is 254 cm³/mol. The van der Waals surface area contributed by atoms with Gasteiger partial charge in [-0.15, -0.1) is 18.2 Å². The zero-order valence-electron chi connectivity index (χ0n) is 36.9. The molecule has 0 unspecified atom stereocenters. The largest absolute Gasteiger partial charge is 0 e. The Morgan fingerprint density at radius 1 is 0.639 bits per heavy atom. The van der Waals surface area contributed by atoms with Crippen molar-refractivity contribution < 1.29 is 27.3 Å². The fourth-order valence-electron chi connectivity index (χ4n) is 8.23. The normalized spacial score (nSPS) is 13.8. The summed E-state index contributed by atoms with van der Waals surface area (Å²) in [4.78, 5) is 9.36. The van der Waals surface area contributed by atoms with E-state index in [1.807, 2.05) is 48.5 Å². The number of hydrogen-bond acceptors (Lipinski definition) is 3. The van der Waals surface area contributed by atoms with Crippen LogP contribution in [-0.2, 0) is 26.5 Å². The molecule has 5 heteroatoms. The van der Waals surface area contributed by atoms with E-state index >= 15 is 0 Å². The third-order valence-electron chi connectivity index (χ3n) is 11.6. The Labute approximate surface area is 379 Å². The van der Waals surface area contributed by atoms with Gasteiger partial charge in [-0.3, -0.25) is 0 Å². The molecule has 0 amide bonds. The van der Waals surface area contributed by atoms with Crippen molar-refractivity contribution in [2.75, 3.05) is 0 Å². The number of benzene rings is 6. The average Bonchev–Trinajstić information content (AvgIpc) is 3.71. The van der Waals surface area contributed by atoms with E-state index in [0.717, 1.165) is 70.0 Å². The van der Waals surface area contributed by atoms with Crippen LogP contribution in [0.4, 0.5) is 0 Å². The summed E-state index contributed by atoms with van der Waals surface area (Å²) in [6, 6.07) is 60.8. The first-order valence-electron chi connectivity index (χ1n) is 22.2. The van der Waals surface area contributed by atoms with Gasteiger partial charge in [0.2, 0.25) is 0 Å². The molecular formula is C56H50GeIrN2O-2. The second kappa shape index (κ2) is 19.1. The number of nitrogens with zero attached hydrogens (tertiary/aromatic N) is 2. The molecule has 1 saturated carbocycles. The van der Waals surface area contributed by atoms with E-state index in [4.69, 9.17) is 12.1 Å². The van der Waals surface area contributed by atoms with Gasteiger partial charge in [0, 0.05) is 34.4 Å². The molecule has 3 nitrogen and oxygen atoms in total. The summed E-state index contributed by atoms with van der Waals surface area (Å²) in [6.45, 7) is 0. The molecule has 0 aliphatic heterocycles. The van der Waals surface area contributed by atoms with Gasteiger partial charge in [0.1, 0.15) is 5.58 Å². The van der Waals surface area contributed by atoms with Gasteiger partial charge in [0.25, 0.3) is 0 Å². The molecule has 3 heterocycles. The Bertz CT molecular complexity index is 2940. The van der Waals surface area contributed by atoms with Crippen LogP contribution in [0.1, 0.15) is 40.4 Å². The van der Waals surface area contributed by atoms with Crippen molar-refractivity contribution in [1.82, 2.24) is 9.97 Å². The summed E-state index contributed by atoms with van der Waals surface area (Å²) >= 11 is -1.85. The average molecular weight is 1030 g/mol. The SMILES string of the molecule is [2H]C([2H])(c1ccnc(-c2[c-]ccc3c2oc2ccc(-c4ccccc4)cc23)c1)C1CCCCC1.[CH3][Ge]([CH3])([CH3])[c]1ccc(-c2[c-]cc(-c3ccccc3)c(-c3ccccc3)c2)nc1.[Ir]. The summed E-state index contributed by atoms with van der Waals surface area (Å²) in [5.41, 5.74) is 12.9. The first-order valence-corrected chi connectivity index (χ1v) is 28.5. The van der Waals surface area contributed by atoms with Crippen LogP contribution in [0.5, 0.6) is 0 Å². The van der Waals surface area contributed by atoms with Crippen LogP contribution in [0.15, 0.2) is 175 Å². The number of fused-ring (bicyclic) bond motifs is 3.